The van der Waals surface area contributed by atoms with Crippen LogP contribution >= 0.6 is 0 Å². The summed E-state index contributed by atoms with van der Waals surface area (Å²) in [5.41, 5.74) is 1.73. The maximum Gasteiger partial charge on any atom is 0.254 e. The van der Waals surface area contributed by atoms with Gasteiger partial charge in [0.25, 0.3) is 5.91 Å². The van der Waals surface area contributed by atoms with Gasteiger partial charge >= 0.3 is 0 Å². The van der Waals surface area contributed by atoms with E-state index in [2.05, 4.69) is 19.2 Å². The number of nitrogens with zero attached hydrogens (tertiary/aromatic N) is 1. The third kappa shape index (κ3) is 4.59. The fraction of sp³-hybridized carbons (Fsp3) is 0.529. The first-order valence-electron chi connectivity index (χ1n) is 7.61. The van der Waals surface area contributed by atoms with Crippen LogP contribution in [-0.4, -0.2) is 29.3 Å². The summed E-state index contributed by atoms with van der Waals surface area (Å²) in [6, 6.07) is 7.96. The first kappa shape index (κ1) is 15.5. The molecule has 2 amide bonds. The fourth-order valence-corrected chi connectivity index (χ4v) is 2.33. The summed E-state index contributed by atoms with van der Waals surface area (Å²) in [5.74, 6) is 0.554. The lowest BCUT2D eigenvalue weighted by Gasteiger charge is -2.24. The molecule has 0 bridgehead atoms. The van der Waals surface area contributed by atoms with Gasteiger partial charge in [-0.3, -0.25) is 9.59 Å². The molecule has 2 rings (SSSR count). The third-order valence-electron chi connectivity index (χ3n) is 3.55. The summed E-state index contributed by atoms with van der Waals surface area (Å²) in [7, 11) is 0. The molecule has 0 aliphatic heterocycles. The molecule has 1 aromatic carbocycles. The zero-order chi connectivity index (χ0) is 15.4. The molecule has 114 valence electrons. The molecule has 4 heteroatoms. The molecule has 1 N–H and O–H groups in total. The first-order valence-corrected chi connectivity index (χ1v) is 7.61. The van der Waals surface area contributed by atoms with Crippen LogP contribution in [0.2, 0.25) is 0 Å². The van der Waals surface area contributed by atoms with E-state index in [1.54, 1.807) is 0 Å². The Morgan fingerprint density at radius 3 is 2.33 bits per heavy atom. The van der Waals surface area contributed by atoms with E-state index in [-0.39, 0.29) is 11.8 Å². The number of hydrogen-bond acceptors (Lipinski definition) is 2. The molecule has 0 heterocycles. The van der Waals surface area contributed by atoms with Gasteiger partial charge in [-0.1, -0.05) is 26.0 Å². The Morgan fingerprint density at radius 1 is 1.24 bits per heavy atom. The van der Waals surface area contributed by atoms with Crippen LogP contribution in [0.15, 0.2) is 24.3 Å². The molecular formula is C17H24N2O2. The molecule has 1 fully saturated rings. The SMILES string of the molecule is CC(=O)NCc1ccc(C(=O)N(CC(C)C)C2CC2)cc1. The van der Waals surface area contributed by atoms with E-state index in [1.165, 1.54) is 6.92 Å². The molecule has 1 aliphatic carbocycles. The highest BCUT2D eigenvalue weighted by atomic mass is 16.2. The molecule has 0 radical (unpaired) electrons. The Morgan fingerprint density at radius 2 is 1.86 bits per heavy atom. The number of carbonyl (C=O) groups is 2. The second kappa shape index (κ2) is 6.74. The molecule has 1 aliphatic rings. The predicted molar refractivity (Wildman–Crippen MR) is 82.9 cm³/mol. The van der Waals surface area contributed by atoms with Gasteiger partial charge in [0.15, 0.2) is 0 Å². The first-order chi connectivity index (χ1) is 9.97. The highest BCUT2D eigenvalue weighted by Gasteiger charge is 2.33. The lowest BCUT2D eigenvalue weighted by atomic mass is 10.1. The Bertz CT molecular complexity index is 504. The largest absolute Gasteiger partial charge is 0.352 e. The van der Waals surface area contributed by atoms with Crippen molar-refractivity contribution in [3.8, 4) is 0 Å². The third-order valence-corrected chi connectivity index (χ3v) is 3.55. The molecule has 4 nitrogen and oxygen atoms in total. The van der Waals surface area contributed by atoms with Gasteiger partial charge in [-0.05, 0) is 36.5 Å². The van der Waals surface area contributed by atoms with Crippen molar-refractivity contribution in [2.75, 3.05) is 6.54 Å². The summed E-state index contributed by atoms with van der Waals surface area (Å²) in [4.78, 5) is 25.5. The Kier molecular flexibility index (Phi) is 4.99. The summed E-state index contributed by atoms with van der Waals surface area (Å²) in [6.45, 7) is 7.09. The number of benzene rings is 1. The molecule has 21 heavy (non-hydrogen) atoms. The van der Waals surface area contributed by atoms with Gasteiger partial charge in [0.05, 0.1) is 0 Å². The number of hydrogen-bond donors (Lipinski definition) is 1. The second-order valence-electron chi connectivity index (χ2n) is 6.19. The topological polar surface area (TPSA) is 49.4 Å². The lowest BCUT2D eigenvalue weighted by Crippen LogP contribution is -2.36. The zero-order valence-electron chi connectivity index (χ0n) is 13.1. The van der Waals surface area contributed by atoms with Crippen molar-refractivity contribution in [1.82, 2.24) is 10.2 Å². The molecule has 0 saturated heterocycles. The Balaban J connectivity index is 2.02. The van der Waals surface area contributed by atoms with Crippen LogP contribution in [0.25, 0.3) is 0 Å². The van der Waals surface area contributed by atoms with Gasteiger partial charge < -0.3 is 10.2 Å². The number of carbonyl (C=O) groups excluding carboxylic acids is 2. The van der Waals surface area contributed by atoms with Crippen LogP contribution in [0, 0.1) is 5.92 Å². The highest BCUT2D eigenvalue weighted by Crippen LogP contribution is 2.29. The van der Waals surface area contributed by atoms with Crippen LogP contribution in [0.4, 0.5) is 0 Å². The summed E-state index contributed by atoms with van der Waals surface area (Å²) < 4.78 is 0. The molecule has 0 atom stereocenters. The van der Waals surface area contributed by atoms with Crippen LogP contribution < -0.4 is 5.32 Å². The van der Waals surface area contributed by atoms with Crippen LogP contribution in [0.3, 0.4) is 0 Å². The van der Waals surface area contributed by atoms with Crippen molar-refractivity contribution in [3.63, 3.8) is 0 Å². The van der Waals surface area contributed by atoms with Crippen LogP contribution in [-0.2, 0) is 11.3 Å². The van der Waals surface area contributed by atoms with E-state index in [1.807, 2.05) is 29.2 Å². The average Bonchev–Trinajstić information content (AvgIpc) is 3.26. The van der Waals surface area contributed by atoms with Crippen molar-refractivity contribution in [1.29, 1.82) is 0 Å². The second-order valence-corrected chi connectivity index (χ2v) is 6.19. The quantitative estimate of drug-likeness (QED) is 0.874. The highest BCUT2D eigenvalue weighted by molar-refractivity contribution is 5.94. The van der Waals surface area contributed by atoms with Crippen molar-refractivity contribution in [2.45, 2.75) is 46.2 Å². The molecule has 0 spiro atoms. The van der Waals surface area contributed by atoms with E-state index < -0.39 is 0 Å². The van der Waals surface area contributed by atoms with E-state index in [0.717, 1.165) is 30.5 Å². The minimum absolute atomic E-state index is 0.0491. The molecule has 1 aromatic rings. The smallest absolute Gasteiger partial charge is 0.254 e. The van der Waals surface area contributed by atoms with Gasteiger partial charge in [0.2, 0.25) is 5.91 Å². The summed E-state index contributed by atoms with van der Waals surface area (Å²) in [6.07, 6.45) is 2.25. The van der Waals surface area contributed by atoms with Gasteiger partial charge in [0, 0.05) is 31.6 Å². The predicted octanol–water partition coefficient (Wildman–Crippen LogP) is 2.58. The van der Waals surface area contributed by atoms with Gasteiger partial charge in [-0.25, -0.2) is 0 Å². The van der Waals surface area contributed by atoms with E-state index >= 15 is 0 Å². The van der Waals surface area contributed by atoms with Crippen LogP contribution in [0.1, 0.15) is 49.5 Å². The average molecular weight is 288 g/mol. The Labute approximate surface area is 126 Å². The maximum atomic E-state index is 12.6. The fourth-order valence-electron chi connectivity index (χ4n) is 2.33. The van der Waals surface area contributed by atoms with Crippen molar-refractivity contribution < 1.29 is 9.59 Å². The normalized spacial score (nSPS) is 14.1. The van der Waals surface area contributed by atoms with E-state index in [4.69, 9.17) is 0 Å². The van der Waals surface area contributed by atoms with Crippen molar-refractivity contribution >= 4 is 11.8 Å². The number of amides is 2. The minimum Gasteiger partial charge on any atom is -0.352 e. The van der Waals surface area contributed by atoms with Crippen molar-refractivity contribution in [2.24, 2.45) is 5.92 Å². The van der Waals surface area contributed by atoms with E-state index in [9.17, 15) is 9.59 Å². The maximum absolute atomic E-state index is 12.6. The van der Waals surface area contributed by atoms with Crippen molar-refractivity contribution in [3.05, 3.63) is 35.4 Å². The lowest BCUT2D eigenvalue weighted by molar-refractivity contribution is -0.119. The van der Waals surface area contributed by atoms with Gasteiger partial charge in [-0.15, -0.1) is 0 Å². The summed E-state index contributed by atoms with van der Waals surface area (Å²) in [5, 5.41) is 2.75. The number of rotatable bonds is 6. The van der Waals surface area contributed by atoms with Gasteiger partial charge in [0.1, 0.15) is 0 Å². The zero-order valence-corrected chi connectivity index (χ0v) is 13.1. The Hall–Kier alpha value is -1.84. The minimum atomic E-state index is -0.0491. The molecule has 0 unspecified atom stereocenters. The van der Waals surface area contributed by atoms with E-state index in [0.29, 0.717) is 18.5 Å². The standard InChI is InChI=1S/C17H24N2O2/c1-12(2)11-19(16-8-9-16)17(21)15-6-4-14(5-7-15)10-18-13(3)20/h4-7,12,16H,8-11H2,1-3H3,(H,18,20). The molecule has 0 aromatic heterocycles. The van der Waals surface area contributed by atoms with Crippen LogP contribution in [0.5, 0.6) is 0 Å². The number of nitrogens with one attached hydrogen (secondary N) is 1. The summed E-state index contributed by atoms with van der Waals surface area (Å²) >= 11 is 0. The van der Waals surface area contributed by atoms with Gasteiger partial charge in [-0.2, -0.15) is 0 Å². The molecular weight excluding hydrogens is 264 g/mol. The monoisotopic (exact) mass is 288 g/mol. The molecule has 1 saturated carbocycles.